The number of nitrogens with zero attached hydrogens (tertiary/aromatic N) is 1. The largest absolute Gasteiger partial charge is 0.321 e. The zero-order valence-corrected chi connectivity index (χ0v) is 15.6. The second-order valence-corrected chi connectivity index (χ2v) is 8.43. The molecule has 1 atom stereocenters. The van der Waals surface area contributed by atoms with E-state index in [9.17, 15) is 35.2 Å². The Hall–Kier alpha value is -2.53. The summed E-state index contributed by atoms with van der Waals surface area (Å²) < 4.78 is 93.5. The van der Waals surface area contributed by atoms with Crippen LogP contribution in [0.2, 0.25) is 0 Å². The molecule has 1 heterocycles. The first-order valence-corrected chi connectivity index (χ1v) is 9.95. The second kappa shape index (κ2) is 8.07. The van der Waals surface area contributed by atoms with Crippen molar-refractivity contribution < 1.29 is 35.2 Å². The van der Waals surface area contributed by atoms with Gasteiger partial charge >= 0.3 is 0 Å². The van der Waals surface area contributed by atoms with Gasteiger partial charge in [0, 0.05) is 19.2 Å². The van der Waals surface area contributed by atoms with Crippen molar-refractivity contribution in [1.82, 2.24) is 4.31 Å². The van der Waals surface area contributed by atoms with E-state index in [2.05, 4.69) is 0 Å². The summed E-state index contributed by atoms with van der Waals surface area (Å²) in [6.07, 6.45) is 0.462. The van der Waals surface area contributed by atoms with E-state index in [1.165, 1.54) is 0 Å². The Morgan fingerprint density at radius 3 is 2.17 bits per heavy atom. The third-order valence-corrected chi connectivity index (χ3v) is 6.45. The molecule has 2 aromatic carbocycles. The molecule has 0 unspecified atom stereocenters. The highest BCUT2D eigenvalue weighted by molar-refractivity contribution is 7.89. The van der Waals surface area contributed by atoms with Crippen LogP contribution in [0, 0.1) is 35.0 Å². The minimum Gasteiger partial charge on any atom is -0.321 e. The molecular weight excluding hydrogens is 419 g/mol. The maximum absolute atomic E-state index is 13.8. The van der Waals surface area contributed by atoms with Crippen LogP contribution in [-0.2, 0) is 14.8 Å². The van der Waals surface area contributed by atoms with Crippen molar-refractivity contribution in [2.75, 3.05) is 18.4 Å². The summed E-state index contributed by atoms with van der Waals surface area (Å²) in [6.45, 7) is -0.229. The first-order chi connectivity index (χ1) is 13.6. The first-order valence-electron chi connectivity index (χ1n) is 8.51. The molecule has 1 fully saturated rings. The monoisotopic (exact) mass is 434 g/mol. The van der Waals surface area contributed by atoms with Crippen LogP contribution >= 0.6 is 0 Å². The second-order valence-electron chi connectivity index (χ2n) is 6.49. The molecule has 1 aliphatic rings. The molecular formula is C18H15F5N2O3S. The van der Waals surface area contributed by atoms with Crippen molar-refractivity contribution >= 4 is 21.6 Å². The fourth-order valence-corrected chi connectivity index (χ4v) is 4.56. The Balaban J connectivity index is 1.79. The van der Waals surface area contributed by atoms with Gasteiger partial charge in [-0.2, -0.15) is 4.31 Å². The predicted molar refractivity (Wildman–Crippen MR) is 92.8 cm³/mol. The van der Waals surface area contributed by atoms with Crippen LogP contribution in [0.4, 0.5) is 27.6 Å². The van der Waals surface area contributed by atoms with Gasteiger partial charge in [0.25, 0.3) is 0 Å². The lowest BCUT2D eigenvalue weighted by molar-refractivity contribution is -0.120. The number of carbonyl (C=O) groups is 1. The van der Waals surface area contributed by atoms with Gasteiger partial charge in [0.2, 0.25) is 15.9 Å². The summed E-state index contributed by atoms with van der Waals surface area (Å²) in [4.78, 5) is 12.2. The van der Waals surface area contributed by atoms with Crippen molar-refractivity contribution in [2.45, 2.75) is 17.7 Å². The van der Waals surface area contributed by atoms with Crippen LogP contribution in [-0.4, -0.2) is 31.7 Å². The zero-order valence-electron chi connectivity index (χ0n) is 14.8. The van der Waals surface area contributed by atoms with Gasteiger partial charge in [-0.1, -0.05) is 0 Å². The van der Waals surface area contributed by atoms with Crippen LogP contribution in [0.5, 0.6) is 0 Å². The zero-order chi connectivity index (χ0) is 21.3. The van der Waals surface area contributed by atoms with Gasteiger partial charge in [-0.25, -0.2) is 30.4 Å². The summed E-state index contributed by atoms with van der Waals surface area (Å²) >= 11 is 0. The molecule has 1 amide bonds. The summed E-state index contributed by atoms with van der Waals surface area (Å²) in [5.41, 5.74) is -1.27. The topological polar surface area (TPSA) is 66.5 Å². The number of carbonyl (C=O) groups excluding carboxylic acids is 1. The van der Waals surface area contributed by atoms with Crippen LogP contribution in [0.1, 0.15) is 12.8 Å². The Labute approximate surface area is 163 Å². The molecule has 1 saturated heterocycles. The fourth-order valence-electron chi connectivity index (χ4n) is 3.04. The number of benzene rings is 2. The smallest absolute Gasteiger partial charge is 0.243 e. The van der Waals surface area contributed by atoms with E-state index in [4.69, 9.17) is 0 Å². The quantitative estimate of drug-likeness (QED) is 0.593. The van der Waals surface area contributed by atoms with Gasteiger partial charge < -0.3 is 5.32 Å². The number of anilines is 1. The molecule has 156 valence electrons. The Morgan fingerprint density at radius 1 is 1.00 bits per heavy atom. The minimum absolute atomic E-state index is 0.0118. The molecule has 0 spiro atoms. The average Bonchev–Trinajstić information content (AvgIpc) is 2.70. The van der Waals surface area contributed by atoms with E-state index in [0.717, 1.165) is 28.6 Å². The van der Waals surface area contributed by atoms with Crippen molar-refractivity contribution in [3.63, 3.8) is 0 Å². The molecule has 0 bridgehead atoms. The summed E-state index contributed by atoms with van der Waals surface area (Å²) in [5.74, 6) is -9.48. The molecule has 3 rings (SSSR count). The summed E-state index contributed by atoms with van der Waals surface area (Å²) in [5, 5.41) is 1.81. The number of sulfonamides is 1. The standard InChI is InChI=1S/C18H15F5N2O3S/c19-11-3-5-12(6-4-11)29(27,28)25-7-1-2-10(9-25)18(26)24-17-15(22)13(20)8-14(21)16(17)23/h3-6,8,10H,1-2,7,9H2,(H,24,26)/t10-/m0/s1. The van der Waals surface area contributed by atoms with Crippen molar-refractivity contribution in [3.8, 4) is 0 Å². The molecule has 0 aromatic heterocycles. The van der Waals surface area contributed by atoms with E-state index in [0.29, 0.717) is 0 Å². The van der Waals surface area contributed by atoms with Gasteiger partial charge in [0.1, 0.15) is 11.5 Å². The third kappa shape index (κ3) is 4.25. The van der Waals surface area contributed by atoms with Gasteiger partial charge in [-0.3, -0.25) is 4.79 Å². The normalized spacial score (nSPS) is 17.9. The molecule has 0 aliphatic carbocycles. The van der Waals surface area contributed by atoms with Gasteiger partial charge in [0.05, 0.1) is 10.8 Å². The third-order valence-electron chi connectivity index (χ3n) is 4.57. The van der Waals surface area contributed by atoms with E-state index in [-0.39, 0.29) is 36.9 Å². The maximum atomic E-state index is 13.8. The predicted octanol–water partition coefficient (Wildman–Crippen LogP) is 3.42. The van der Waals surface area contributed by atoms with Gasteiger partial charge in [-0.15, -0.1) is 0 Å². The number of amides is 1. The lowest BCUT2D eigenvalue weighted by Gasteiger charge is -2.31. The minimum atomic E-state index is -4.03. The van der Waals surface area contributed by atoms with Crippen LogP contribution in [0.3, 0.4) is 0 Å². The van der Waals surface area contributed by atoms with Crippen LogP contribution in [0.25, 0.3) is 0 Å². The van der Waals surface area contributed by atoms with E-state index >= 15 is 0 Å². The lowest BCUT2D eigenvalue weighted by atomic mass is 9.98. The van der Waals surface area contributed by atoms with Crippen molar-refractivity contribution in [1.29, 1.82) is 0 Å². The highest BCUT2D eigenvalue weighted by Gasteiger charge is 2.34. The molecule has 5 nitrogen and oxygen atoms in total. The van der Waals surface area contributed by atoms with Crippen LogP contribution in [0.15, 0.2) is 35.2 Å². The number of piperidine rings is 1. The van der Waals surface area contributed by atoms with Gasteiger partial charge in [0.15, 0.2) is 23.3 Å². The molecule has 29 heavy (non-hydrogen) atoms. The molecule has 0 radical (unpaired) electrons. The van der Waals surface area contributed by atoms with Gasteiger partial charge in [-0.05, 0) is 37.1 Å². The molecule has 0 saturated carbocycles. The van der Waals surface area contributed by atoms with E-state index in [1.54, 1.807) is 0 Å². The Bertz CT molecular complexity index is 1020. The van der Waals surface area contributed by atoms with Crippen molar-refractivity contribution in [3.05, 3.63) is 59.4 Å². The molecule has 1 N–H and O–H groups in total. The SMILES string of the molecule is O=C(Nc1c(F)c(F)cc(F)c1F)[C@H]1CCCN(S(=O)(=O)c2ccc(F)cc2)C1. The van der Waals surface area contributed by atoms with E-state index in [1.807, 2.05) is 5.32 Å². The van der Waals surface area contributed by atoms with E-state index < -0.39 is 56.6 Å². The average molecular weight is 434 g/mol. The lowest BCUT2D eigenvalue weighted by Crippen LogP contribution is -2.43. The Kier molecular flexibility index (Phi) is 5.90. The highest BCUT2D eigenvalue weighted by atomic mass is 32.2. The fraction of sp³-hybridized carbons (Fsp3) is 0.278. The molecule has 2 aromatic rings. The number of nitrogens with one attached hydrogen (secondary N) is 1. The molecule has 1 aliphatic heterocycles. The first kappa shape index (κ1) is 21.2. The maximum Gasteiger partial charge on any atom is 0.243 e. The highest BCUT2D eigenvalue weighted by Crippen LogP contribution is 2.28. The summed E-state index contributed by atoms with van der Waals surface area (Å²) in [6, 6.07) is 4.12. The Morgan fingerprint density at radius 2 is 1.59 bits per heavy atom. The molecule has 11 heteroatoms. The number of halogens is 5. The number of hydrogen-bond donors (Lipinski definition) is 1. The van der Waals surface area contributed by atoms with Crippen molar-refractivity contribution in [2.24, 2.45) is 5.92 Å². The number of hydrogen-bond acceptors (Lipinski definition) is 3. The van der Waals surface area contributed by atoms with Crippen LogP contribution < -0.4 is 5.32 Å². The number of rotatable bonds is 4. The summed E-state index contributed by atoms with van der Waals surface area (Å²) in [7, 11) is -4.03.